The average molecular weight is 541 g/mol. The van der Waals surface area contributed by atoms with Crippen molar-refractivity contribution in [3.63, 3.8) is 0 Å². The number of rotatable bonds is 2. The summed E-state index contributed by atoms with van der Waals surface area (Å²) in [4.78, 5) is 1.45. The smallest absolute Gasteiger partial charge is 0.363 e. The van der Waals surface area contributed by atoms with Gasteiger partial charge in [0.05, 0.1) is 13.1 Å². The van der Waals surface area contributed by atoms with Crippen molar-refractivity contribution in [1.29, 1.82) is 0 Å². The van der Waals surface area contributed by atoms with Gasteiger partial charge in [0.25, 0.3) is 0 Å². The lowest BCUT2D eigenvalue weighted by Gasteiger charge is -2.37. The van der Waals surface area contributed by atoms with Crippen LogP contribution in [0.25, 0.3) is 9.88 Å². The number of halogens is 1. The van der Waals surface area contributed by atoms with E-state index in [9.17, 15) is 0 Å². The SMILES string of the molecule is Cc1cc(C)c([B-]2(c3c(C)cc(C)cc3C)c3cc(I)sc3-c3scc[n+]32)c(C)c1. The van der Waals surface area contributed by atoms with E-state index in [1.54, 1.807) is 0 Å². The fourth-order valence-corrected chi connectivity index (χ4v) is 9.27. The van der Waals surface area contributed by atoms with Crippen molar-refractivity contribution in [2.45, 2.75) is 41.5 Å². The number of hydrogen-bond donors (Lipinski definition) is 0. The van der Waals surface area contributed by atoms with E-state index in [2.05, 4.69) is 111 Å². The molecule has 0 fully saturated rings. The molecule has 0 unspecified atom stereocenters. The fraction of sp³-hybridized carbons (Fsp3) is 0.240. The Hall–Kier alpha value is -1.44. The van der Waals surface area contributed by atoms with Gasteiger partial charge in [-0.3, -0.25) is 0 Å². The van der Waals surface area contributed by atoms with Crippen molar-refractivity contribution in [3.8, 4) is 9.88 Å². The van der Waals surface area contributed by atoms with Gasteiger partial charge < -0.3 is 4.48 Å². The van der Waals surface area contributed by atoms with Crippen LogP contribution in [0.3, 0.4) is 0 Å². The standard InChI is InChI=1S/C25H25BINS2/c1-14-9-16(3)22(17(4)10-14)26(23-18(5)11-15(2)12-19(23)6)20-13-21(27)30-24(20)25-28(26)7-8-29-25/h7-13H,1-6H3. The average Bonchev–Trinajstić information content (AvgIpc) is 3.29. The third-order valence-electron chi connectivity index (χ3n) is 6.74. The molecule has 4 aromatic rings. The molecular weight excluding hydrogens is 516 g/mol. The zero-order valence-electron chi connectivity index (χ0n) is 18.3. The van der Waals surface area contributed by atoms with E-state index in [1.807, 2.05) is 22.7 Å². The predicted molar refractivity (Wildman–Crippen MR) is 142 cm³/mol. The van der Waals surface area contributed by atoms with Crippen LogP contribution >= 0.6 is 45.3 Å². The maximum absolute atomic E-state index is 2.62. The van der Waals surface area contributed by atoms with E-state index in [-0.39, 0.29) is 0 Å². The van der Waals surface area contributed by atoms with Crippen LogP contribution in [-0.4, -0.2) is 6.28 Å². The summed E-state index contributed by atoms with van der Waals surface area (Å²) < 4.78 is 3.99. The molecular formula is C25H25BINS2. The van der Waals surface area contributed by atoms with Gasteiger partial charge in [-0.1, -0.05) is 75.0 Å². The van der Waals surface area contributed by atoms with Gasteiger partial charge in [0.1, 0.15) is 6.20 Å². The third-order valence-corrected chi connectivity index (χ3v) is 9.68. The normalized spacial score (nSPS) is 14.1. The molecule has 1 nitrogen and oxygen atoms in total. The second kappa shape index (κ2) is 7.04. The molecule has 0 radical (unpaired) electrons. The third kappa shape index (κ3) is 2.67. The number of aromatic nitrogens is 1. The van der Waals surface area contributed by atoms with E-state index in [1.165, 1.54) is 62.5 Å². The summed E-state index contributed by atoms with van der Waals surface area (Å²) >= 11 is 6.32. The van der Waals surface area contributed by atoms with Crippen molar-refractivity contribution in [2.24, 2.45) is 0 Å². The molecule has 2 aromatic carbocycles. The van der Waals surface area contributed by atoms with E-state index < -0.39 is 6.28 Å². The highest BCUT2D eigenvalue weighted by atomic mass is 127. The van der Waals surface area contributed by atoms with Gasteiger partial charge in [0.15, 0.2) is 0 Å². The topological polar surface area (TPSA) is 3.88 Å². The zero-order chi connectivity index (χ0) is 21.4. The highest BCUT2D eigenvalue weighted by molar-refractivity contribution is 14.1. The van der Waals surface area contributed by atoms with E-state index in [0.29, 0.717) is 0 Å². The minimum atomic E-state index is -1.28. The summed E-state index contributed by atoms with van der Waals surface area (Å²) in [5, 5.41) is 3.66. The largest absolute Gasteiger partial charge is 0.397 e. The fourth-order valence-electron chi connectivity index (χ4n) is 6.20. The molecule has 1 aliphatic heterocycles. The number of nitrogens with zero attached hydrogens (tertiary/aromatic N) is 1. The first-order valence-corrected chi connectivity index (χ1v) is 13.1. The van der Waals surface area contributed by atoms with Gasteiger partial charge in [-0.05, 0) is 64.1 Å². The Morgan fingerprint density at radius 1 is 0.767 bits per heavy atom. The highest BCUT2D eigenvalue weighted by Crippen LogP contribution is 2.36. The Morgan fingerprint density at radius 3 is 1.77 bits per heavy atom. The van der Waals surface area contributed by atoms with Crippen molar-refractivity contribution >= 4 is 67.9 Å². The Labute approximate surface area is 200 Å². The molecule has 152 valence electrons. The van der Waals surface area contributed by atoms with Crippen molar-refractivity contribution < 1.29 is 4.48 Å². The summed E-state index contributed by atoms with van der Waals surface area (Å²) in [6, 6.07) is 11.9. The monoisotopic (exact) mass is 541 g/mol. The van der Waals surface area contributed by atoms with Crippen molar-refractivity contribution in [1.82, 2.24) is 0 Å². The second-order valence-electron chi connectivity index (χ2n) is 8.90. The van der Waals surface area contributed by atoms with Gasteiger partial charge in [-0.15, -0.1) is 27.7 Å². The summed E-state index contributed by atoms with van der Waals surface area (Å²) in [5.74, 6) is 0. The van der Waals surface area contributed by atoms with Crippen molar-refractivity contribution in [2.75, 3.05) is 0 Å². The molecule has 0 saturated heterocycles. The number of hydrogen-bond acceptors (Lipinski definition) is 2. The maximum Gasteiger partial charge on any atom is 0.363 e. The molecule has 0 aliphatic carbocycles. The van der Waals surface area contributed by atoms with Gasteiger partial charge >= 0.3 is 6.28 Å². The quantitative estimate of drug-likeness (QED) is 0.218. The first kappa shape index (κ1) is 20.5. The predicted octanol–water partition coefficient (Wildman–Crippen LogP) is 5.05. The van der Waals surface area contributed by atoms with Crippen LogP contribution in [0.2, 0.25) is 0 Å². The molecule has 30 heavy (non-hydrogen) atoms. The van der Waals surface area contributed by atoms with Crippen LogP contribution in [0.15, 0.2) is 41.9 Å². The minimum absolute atomic E-state index is 1.28. The summed E-state index contributed by atoms with van der Waals surface area (Å²) in [6.07, 6.45) is 1.05. The highest BCUT2D eigenvalue weighted by Gasteiger charge is 2.54. The van der Waals surface area contributed by atoms with Gasteiger partial charge in [0.2, 0.25) is 5.01 Å². The molecule has 5 heteroatoms. The molecule has 0 saturated carbocycles. The first-order chi connectivity index (χ1) is 14.2. The number of thiazole rings is 1. The Morgan fingerprint density at radius 2 is 1.27 bits per heavy atom. The summed E-state index contributed by atoms with van der Waals surface area (Å²) in [6.45, 7) is 13.6. The molecule has 0 amide bonds. The molecule has 0 N–H and O–H groups in total. The Kier molecular flexibility index (Phi) is 4.80. The van der Waals surface area contributed by atoms with Crippen LogP contribution in [0, 0.1) is 44.4 Å². The lowest BCUT2D eigenvalue weighted by Crippen LogP contribution is -2.84. The van der Waals surface area contributed by atoms with Gasteiger partial charge in [0, 0.05) is 0 Å². The number of benzene rings is 2. The number of fused-ring (bicyclic) bond motifs is 3. The zero-order valence-corrected chi connectivity index (χ0v) is 22.1. The summed E-state index contributed by atoms with van der Waals surface area (Å²) in [5.41, 5.74) is 12.7. The molecule has 5 rings (SSSR count). The van der Waals surface area contributed by atoms with Gasteiger partial charge in [-0.2, -0.15) is 0 Å². The molecule has 0 spiro atoms. The maximum atomic E-state index is 2.62. The molecule has 0 atom stereocenters. The second-order valence-corrected chi connectivity index (χ2v) is 12.7. The first-order valence-electron chi connectivity index (χ1n) is 10.4. The van der Waals surface area contributed by atoms with Crippen molar-refractivity contribution in [3.05, 3.63) is 78.2 Å². The number of aryl methyl sites for hydroxylation is 6. The van der Waals surface area contributed by atoms with E-state index >= 15 is 0 Å². The van der Waals surface area contributed by atoms with Crippen LogP contribution < -0.4 is 20.9 Å². The van der Waals surface area contributed by atoms with E-state index in [0.717, 1.165) is 0 Å². The molecule has 2 aromatic heterocycles. The Bertz CT molecular complexity index is 1230. The van der Waals surface area contributed by atoms with Crippen LogP contribution in [0.5, 0.6) is 0 Å². The minimum Gasteiger partial charge on any atom is -0.397 e. The van der Waals surface area contributed by atoms with Crippen LogP contribution in [0.4, 0.5) is 0 Å². The lowest BCUT2D eigenvalue weighted by molar-refractivity contribution is -0.518. The van der Waals surface area contributed by atoms with Gasteiger partial charge in [-0.25, -0.2) is 0 Å². The lowest BCUT2D eigenvalue weighted by atomic mass is 9.23. The van der Waals surface area contributed by atoms with E-state index in [4.69, 9.17) is 0 Å². The molecule has 3 heterocycles. The molecule has 1 aliphatic rings. The van der Waals surface area contributed by atoms with Crippen LogP contribution in [-0.2, 0) is 0 Å². The van der Waals surface area contributed by atoms with Crippen LogP contribution in [0.1, 0.15) is 33.4 Å². The Balaban J connectivity index is 2.05. The molecule has 0 bridgehead atoms. The summed E-state index contributed by atoms with van der Waals surface area (Å²) in [7, 11) is 0. The number of thiophene rings is 1.